The number of fused-ring (bicyclic) bond motifs is 3. The third-order valence-corrected chi connectivity index (χ3v) is 4.42. The summed E-state index contributed by atoms with van der Waals surface area (Å²) in [5.41, 5.74) is 7.32. The molecule has 0 aliphatic carbocycles. The van der Waals surface area contributed by atoms with Gasteiger partial charge in [-0.15, -0.1) is 10.2 Å². The summed E-state index contributed by atoms with van der Waals surface area (Å²) in [5, 5.41) is 14.3. The van der Waals surface area contributed by atoms with Gasteiger partial charge in [0, 0.05) is 30.0 Å². The van der Waals surface area contributed by atoms with E-state index in [0.717, 1.165) is 23.4 Å². The summed E-state index contributed by atoms with van der Waals surface area (Å²) in [4.78, 5) is 4.45. The predicted molar refractivity (Wildman–Crippen MR) is 89.2 cm³/mol. The van der Waals surface area contributed by atoms with E-state index in [1.807, 2.05) is 0 Å². The highest BCUT2D eigenvalue weighted by Gasteiger charge is 2.31. The molecule has 0 amide bonds. The van der Waals surface area contributed by atoms with Crippen molar-refractivity contribution in [2.24, 2.45) is 0 Å². The Hall–Kier alpha value is -2.88. The van der Waals surface area contributed by atoms with E-state index in [0.29, 0.717) is 30.2 Å². The quantitative estimate of drug-likeness (QED) is 0.619. The number of anilines is 2. The summed E-state index contributed by atoms with van der Waals surface area (Å²) in [6.07, 6.45) is -2.86. The Labute approximate surface area is 146 Å². The number of nitrogens with zero attached hydrogens (tertiary/aromatic N) is 4. The Balaban J connectivity index is 1.70. The molecule has 7 nitrogen and oxygen atoms in total. The first-order valence-electron chi connectivity index (χ1n) is 7.99. The number of rotatable bonds is 3. The molecule has 4 rings (SSSR count). The molecular weight excluding hydrogens is 347 g/mol. The van der Waals surface area contributed by atoms with Gasteiger partial charge in [-0.3, -0.25) is 4.40 Å². The maximum absolute atomic E-state index is 13.0. The van der Waals surface area contributed by atoms with Crippen molar-refractivity contribution in [3.63, 3.8) is 0 Å². The average Bonchev–Trinajstić information content (AvgIpc) is 3.21. The van der Waals surface area contributed by atoms with Gasteiger partial charge in [-0.2, -0.15) is 18.2 Å². The van der Waals surface area contributed by atoms with Gasteiger partial charge in [0.15, 0.2) is 0 Å². The van der Waals surface area contributed by atoms with Gasteiger partial charge in [0.1, 0.15) is 12.1 Å². The third-order valence-electron chi connectivity index (χ3n) is 4.42. The summed E-state index contributed by atoms with van der Waals surface area (Å²) in [6.45, 7) is 3.02. The standard InChI is InChI=1S/C16H16F3N7/c1-8(9-2-10(16(17,18)19)4-11(20)3-9)23-14-12-5-21-6-13(12)26-7-22-25-15(26)24-14/h2-4,7-8,21H,5-6,20H2,1H3,(H,23,24,25). The van der Waals surface area contributed by atoms with Crippen LogP contribution in [0.3, 0.4) is 0 Å². The SMILES string of the molecule is CC(Nc1nc2nncn2c2c1CNC2)c1cc(N)cc(C(F)(F)F)c1. The Morgan fingerprint density at radius 3 is 2.85 bits per heavy atom. The summed E-state index contributed by atoms with van der Waals surface area (Å²) >= 11 is 0. The number of nitrogens with two attached hydrogens (primary N) is 1. The van der Waals surface area contributed by atoms with Crippen molar-refractivity contribution >= 4 is 17.3 Å². The third kappa shape index (κ3) is 2.81. The second-order valence-corrected chi connectivity index (χ2v) is 6.24. The molecule has 1 atom stereocenters. The van der Waals surface area contributed by atoms with E-state index in [1.54, 1.807) is 17.7 Å². The molecule has 0 spiro atoms. The largest absolute Gasteiger partial charge is 0.416 e. The highest BCUT2D eigenvalue weighted by Crippen LogP contribution is 2.34. The highest BCUT2D eigenvalue weighted by molar-refractivity contribution is 5.55. The van der Waals surface area contributed by atoms with Crippen LogP contribution in [0.5, 0.6) is 0 Å². The number of nitrogen functional groups attached to an aromatic ring is 1. The topological polar surface area (TPSA) is 93.2 Å². The van der Waals surface area contributed by atoms with E-state index >= 15 is 0 Å². The van der Waals surface area contributed by atoms with Crippen molar-refractivity contribution in [1.82, 2.24) is 24.9 Å². The van der Waals surface area contributed by atoms with Crippen molar-refractivity contribution in [3.05, 3.63) is 46.9 Å². The van der Waals surface area contributed by atoms with Crippen LogP contribution >= 0.6 is 0 Å². The van der Waals surface area contributed by atoms with Gasteiger partial charge >= 0.3 is 6.18 Å². The highest BCUT2D eigenvalue weighted by atomic mass is 19.4. The van der Waals surface area contributed by atoms with E-state index in [-0.39, 0.29) is 5.69 Å². The van der Waals surface area contributed by atoms with Crippen molar-refractivity contribution in [2.75, 3.05) is 11.1 Å². The Bertz CT molecular complexity index is 980. The molecule has 0 bridgehead atoms. The molecule has 3 heterocycles. The summed E-state index contributed by atoms with van der Waals surface area (Å²) in [7, 11) is 0. The van der Waals surface area contributed by atoms with Crippen LogP contribution in [0.4, 0.5) is 24.7 Å². The van der Waals surface area contributed by atoms with E-state index in [9.17, 15) is 13.2 Å². The number of alkyl halides is 3. The molecule has 1 aliphatic rings. The first kappa shape index (κ1) is 16.6. The zero-order valence-electron chi connectivity index (χ0n) is 13.8. The smallest absolute Gasteiger partial charge is 0.399 e. The first-order chi connectivity index (χ1) is 12.3. The first-order valence-corrected chi connectivity index (χ1v) is 7.99. The molecular formula is C16H16F3N7. The molecule has 0 radical (unpaired) electrons. The summed E-state index contributed by atoms with van der Waals surface area (Å²) in [6, 6.07) is 3.13. The van der Waals surface area contributed by atoms with Crippen molar-refractivity contribution in [2.45, 2.75) is 32.2 Å². The van der Waals surface area contributed by atoms with Crippen LogP contribution in [0.15, 0.2) is 24.5 Å². The fourth-order valence-corrected chi connectivity index (χ4v) is 3.13. The van der Waals surface area contributed by atoms with Crippen LogP contribution in [0, 0.1) is 0 Å². The molecule has 0 fully saturated rings. The normalized spacial score (nSPS) is 15.2. The lowest BCUT2D eigenvalue weighted by Gasteiger charge is -2.19. The Morgan fingerprint density at radius 1 is 1.27 bits per heavy atom. The fraction of sp³-hybridized carbons (Fsp3) is 0.312. The minimum Gasteiger partial charge on any atom is -0.399 e. The summed E-state index contributed by atoms with van der Waals surface area (Å²) in [5.74, 6) is 1.01. The average molecular weight is 363 g/mol. The number of halogens is 3. The molecule has 0 saturated heterocycles. The van der Waals surface area contributed by atoms with Crippen LogP contribution in [0.25, 0.3) is 5.78 Å². The molecule has 2 aromatic heterocycles. The molecule has 26 heavy (non-hydrogen) atoms. The van der Waals surface area contributed by atoms with E-state index in [4.69, 9.17) is 5.73 Å². The van der Waals surface area contributed by atoms with Crippen LogP contribution in [0.2, 0.25) is 0 Å². The van der Waals surface area contributed by atoms with Crippen LogP contribution in [-0.4, -0.2) is 19.6 Å². The van der Waals surface area contributed by atoms with E-state index in [2.05, 4.69) is 25.8 Å². The molecule has 3 aromatic rings. The van der Waals surface area contributed by atoms with Gasteiger partial charge in [-0.1, -0.05) is 0 Å². The van der Waals surface area contributed by atoms with Gasteiger partial charge in [-0.25, -0.2) is 0 Å². The van der Waals surface area contributed by atoms with Crippen molar-refractivity contribution in [1.29, 1.82) is 0 Å². The Morgan fingerprint density at radius 2 is 2.08 bits per heavy atom. The monoisotopic (exact) mass is 363 g/mol. The molecule has 1 aliphatic heterocycles. The van der Waals surface area contributed by atoms with Gasteiger partial charge in [0.05, 0.1) is 11.6 Å². The van der Waals surface area contributed by atoms with E-state index in [1.165, 1.54) is 6.07 Å². The van der Waals surface area contributed by atoms with Gasteiger partial charge in [-0.05, 0) is 30.7 Å². The maximum Gasteiger partial charge on any atom is 0.416 e. The number of aromatic nitrogens is 4. The molecule has 1 unspecified atom stereocenters. The zero-order chi connectivity index (χ0) is 18.5. The van der Waals surface area contributed by atoms with Crippen molar-refractivity contribution < 1.29 is 13.2 Å². The molecule has 4 N–H and O–H groups in total. The number of hydrogen-bond donors (Lipinski definition) is 3. The van der Waals surface area contributed by atoms with Gasteiger partial charge in [0.25, 0.3) is 5.78 Å². The molecule has 1 aromatic carbocycles. The lowest BCUT2D eigenvalue weighted by atomic mass is 10.0. The zero-order valence-corrected chi connectivity index (χ0v) is 13.8. The minimum atomic E-state index is -4.45. The lowest BCUT2D eigenvalue weighted by molar-refractivity contribution is -0.137. The second-order valence-electron chi connectivity index (χ2n) is 6.24. The molecule has 10 heteroatoms. The second kappa shape index (κ2) is 5.84. The molecule has 0 saturated carbocycles. The predicted octanol–water partition coefficient (Wildman–Crippen LogP) is 2.50. The summed E-state index contributed by atoms with van der Waals surface area (Å²) < 4.78 is 40.9. The minimum absolute atomic E-state index is 0.0660. The molecule has 136 valence electrons. The van der Waals surface area contributed by atoms with Gasteiger partial charge in [0.2, 0.25) is 0 Å². The van der Waals surface area contributed by atoms with E-state index < -0.39 is 17.8 Å². The van der Waals surface area contributed by atoms with Gasteiger partial charge < -0.3 is 16.4 Å². The maximum atomic E-state index is 13.0. The van der Waals surface area contributed by atoms with Crippen LogP contribution in [0.1, 0.15) is 35.3 Å². The van der Waals surface area contributed by atoms with Crippen molar-refractivity contribution in [3.8, 4) is 0 Å². The fourth-order valence-electron chi connectivity index (χ4n) is 3.13. The van der Waals surface area contributed by atoms with Crippen LogP contribution < -0.4 is 16.4 Å². The number of nitrogens with one attached hydrogen (secondary N) is 2. The number of benzene rings is 1. The Kier molecular flexibility index (Phi) is 3.72. The number of hydrogen-bond acceptors (Lipinski definition) is 6. The van der Waals surface area contributed by atoms with Crippen LogP contribution in [-0.2, 0) is 19.3 Å². The lowest BCUT2D eigenvalue weighted by Crippen LogP contribution is -2.14.